The van der Waals surface area contributed by atoms with Crippen LogP contribution in [0.4, 0.5) is 32.8 Å². The van der Waals surface area contributed by atoms with E-state index >= 15 is 0 Å². The van der Waals surface area contributed by atoms with Crippen molar-refractivity contribution in [3.63, 3.8) is 0 Å². The van der Waals surface area contributed by atoms with Crippen molar-refractivity contribution in [3.05, 3.63) is 34.8 Å². The zero-order valence-electron chi connectivity index (χ0n) is 11.6. The zero-order chi connectivity index (χ0) is 16.6. The van der Waals surface area contributed by atoms with Gasteiger partial charge in [0.15, 0.2) is 0 Å². The first-order chi connectivity index (χ1) is 10.8. The number of rotatable bonds is 3. The minimum absolute atomic E-state index is 0.0400. The van der Waals surface area contributed by atoms with Crippen molar-refractivity contribution in [3.8, 4) is 0 Å². The van der Waals surface area contributed by atoms with Crippen LogP contribution in [0.15, 0.2) is 18.2 Å². The van der Waals surface area contributed by atoms with Gasteiger partial charge in [-0.25, -0.2) is 8.78 Å². The summed E-state index contributed by atoms with van der Waals surface area (Å²) in [7, 11) is 0. The SMILES string of the molecule is Fc1cccc(F)c1N1CCC(Nc2nnc(C(F)(F)F)s2)C1. The van der Waals surface area contributed by atoms with E-state index in [9.17, 15) is 22.0 Å². The van der Waals surface area contributed by atoms with Gasteiger partial charge in [-0.1, -0.05) is 17.4 Å². The Kier molecular flexibility index (Phi) is 4.09. The van der Waals surface area contributed by atoms with E-state index < -0.39 is 22.8 Å². The van der Waals surface area contributed by atoms with E-state index in [2.05, 4.69) is 15.5 Å². The molecule has 23 heavy (non-hydrogen) atoms. The highest BCUT2D eigenvalue weighted by atomic mass is 32.1. The van der Waals surface area contributed by atoms with Gasteiger partial charge in [-0.3, -0.25) is 0 Å². The van der Waals surface area contributed by atoms with Gasteiger partial charge in [0, 0.05) is 19.1 Å². The highest BCUT2D eigenvalue weighted by Gasteiger charge is 2.36. The first-order valence-corrected chi connectivity index (χ1v) is 7.52. The summed E-state index contributed by atoms with van der Waals surface area (Å²) < 4.78 is 64.9. The molecule has 1 aliphatic heterocycles. The molecule has 1 unspecified atom stereocenters. The van der Waals surface area contributed by atoms with Crippen LogP contribution in [-0.2, 0) is 6.18 Å². The predicted octanol–water partition coefficient (Wildman–Crippen LogP) is 3.53. The summed E-state index contributed by atoms with van der Waals surface area (Å²) in [5.41, 5.74) is -0.120. The smallest absolute Gasteiger partial charge is 0.365 e. The Morgan fingerprint density at radius 2 is 1.87 bits per heavy atom. The fraction of sp³-hybridized carbons (Fsp3) is 0.385. The Balaban J connectivity index is 1.68. The third kappa shape index (κ3) is 3.36. The molecule has 10 heteroatoms. The molecule has 2 heterocycles. The van der Waals surface area contributed by atoms with Crippen LogP contribution in [0, 0.1) is 11.6 Å². The Morgan fingerprint density at radius 1 is 1.17 bits per heavy atom. The van der Waals surface area contributed by atoms with Crippen molar-refractivity contribution in [2.75, 3.05) is 23.3 Å². The summed E-state index contributed by atoms with van der Waals surface area (Å²) in [6.45, 7) is 0.652. The molecule has 1 aliphatic rings. The number of halogens is 5. The molecule has 0 aliphatic carbocycles. The Labute approximate surface area is 131 Å². The third-order valence-corrected chi connectivity index (χ3v) is 4.34. The summed E-state index contributed by atoms with van der Waals surface area (Å²) in [6, 6.07) is 3.35. The van der Waals surface area contributed by atoms with Gasteiger partial charge in [0.2, 0.25) is 10.1 Å². The summed E-state index contributed by atoms with van der Waals surface area (Å²) in [5.74, 6) is -1.33. The second-order valence-electron chi connectivity index (χ2n) is 5.06. The fourth-order valence-electron chi connectivity index (χ4n) is 2.44. The van der Waals surface area contributed by atoms with Crippen LogP contribution in [-0.4, -0.2) is 29.3 Å². The van der Waals surface area contributed by atoms with Gasteiger partial charge >= 0.3 is 6.18 Å². The van der Waals surface area contributed by atoms with Crippen LogP contribution >= 0.6 is 11.3 Å². The third-order valence-electron chi connectivity index (χ3n) is 3.44. The van der Waals surface area contributed by atoms with Gasteiger partial charge in [-0.2, -0.15) is 13.2 Å². The van der Waals surface area contributed by atoms with E-state index in [-0.39, 0.29) is 23.4 Å². The number of hydrogen-bond donors (Lipinski definition) is 1. The van der Waals surface area contributed by atoms with Crippen molar-refractivity contribution in [2.24, 2.45) is 0 Å². The van der Waals surface area contributed by atoms with E-state index in [0.29, 0.717) is 24.3 Å². The molecule has 1 aromatic heterocycles. The summed E-state index contributed by atoms with van der Waals surface area (Å²) in [6.07, 6.45) is -4.01. The maximum Gasteiger partial charge on any atom is 0.445 e. The molecule has 0 saturated carbocycles. The molecule has 124 valence electrons. The van der Waals surface area contributed by atoms with Crippen LogP contribution in [0.25, 0.3) is 0 Å². The molecule has 4 nitrogen and oxygen atoms in total. The summed E-state index contributed by atoms with van der Waals surface area (Å²) in [4.78, 5) is 1.52. The number of para-hydroxylation sites is 1. The van der Waals surface area contributed by atoms with E-state index in [1.807, 2.05) is 0 Å². The largest absolute Gasteiger partial charge is 0.445 e. The lowest BCUT2D eigenvalue weighted by atomic mass is 10.2. The maximum absolute atomic E-state index is 13.7. The Bertz CT molecular complexity index is 682. The Morgan fingerprint density at radius 3 is 2.48 bits per heavy atom. The quantitative estimate of drug-likeness (QED) is 0.860. The van der Waals surface area contributed by atoms with Crippen LogP contribution in [0.1, 0.15) is 11.4 Å². The summed E-state index contributed by atoms with van der Waals surface area (Å²) >= 11 is 0.405. The first-order valence-electron chi connectivity index (χ1n) is 6.71. The molecule has 1 N–H and O–H groups in total. The maximum atomic E-state index is 13.7. The average molecular weight is 350 g/mol. The number of anilines is 2. The van der Waals surface area contributed by atoms with E-state index in [1.165, 1.54) is 23.1 Å². The lowest BCUT2D eigenvalue weighted by molar-refractivity contribution is -0.138. The molecule has 0 spiro atoms. The van der Waals surface area contributed by atoms with Gasteiger partial charge in [-0.05, 0) is 18.6 Å². The van der Waals surface area contributed by atoms with Gasteiger partial charge in [0.1, 0.15) is 17.3 Å². The topological polar surface area (TPSA) is 41.0 Å². The number of hydrogen-bond acceptors (Lipinski definition) is 5. The second kappa shape index (κ2) is 5.91. The first kappa shape index (κ1) is 15.9. The highest BCUT2D eigenvalue weighted by molar-refractivity contribution is 7.15. The standard InChI is InChI=1S/C13H11F5N4S/c14-8-2-1-3-9(15)10(8)22-5-4-7(6-22)19-12-21-20-11(23-12)13(16,17)18/h1-3,7H,4-6H2,(H,19,21). The molecule has 0 radical (unpaired) electrons. The minimum Gasteiger partial charge on any atom is -0.365 e. The monoisotopic (exact) mass is 350 g/mol. The molecule has 0 bridgehead atoms. The van der Waals surface area contributed by atoms with E-state index in [0.717, 1.165) is 0 Å². The van der Waals surface area contributed by atoms with Gasteiger partial charge in [0.05, 0.1) is 0 Å². The number of benzene rings is 1. The van der Waals surface area contributed by atoms with Gasteiger partial charge in [0.25, 0.3) is 0 Å². The van der Waals surface area contributed by atoms with Gasteiger partial charge in [-0.15, -0.1) is 10.2 Å². The average Bonchev–Trinajstić information content (AvgIpc) is 3.08. The molecular formula is C13H11F5N4S. The number of alkyl halides is 3. The number of nitrogens with one attached hydrogen (secondary N) is 1. The molecule has 1 aromatic carbocycles. The van der Waals surface area contributed by atoms with Crippen LogP contribution in [0.2, 0.25) is 0 Å². The van der Waals surface area contributed by atoms with Crippen molar-refractivity contribution >= 4 is 22.2 Å². The zero-order valence-corrected chi connectivity index (χ0v) is 12.4. The van der Waals surface area contributed by atoms with Crippen molar-refractivity contribution in [1.82, 2.24) is 10.2 Å². The second-order valence-corrected chi connectivity index (χ2v) is 6.03. The Hall–Kier alpha value is -1.97. The number of aromatic nitrogens is 2. The highest BCUT2D eigenvalue weighted by Crippen LogP contribution is 2.34. The minimum atomic E-state index is -4.53. The van der Waals surface area contributed by atoms with Crippen molar-refractivity contribution in [2.45, 2.75) is 18.6 Å². The lowest BCUT2D eigenvalue weighted by Gasteiger charge is -2.20. The molecule has 0 amide bonds. The van der Waals surface area contributed by atoms with Crippen LogP contribution in [0.5, 0.6) is 0 Å². The molecular weight excluding hydrogens is 339 g/mol. The van der Waals surface area contributed by atoms with Crippen molar-refractivity contribution < 1.29 is 22.0 Å². The van der Waals surface area contributed by atoms with Crippen molar-refractivity contribution in [1.29, 1.82) is 0 Å². The van der Waals surface area contributed by atoms with E-state index in [4.69, 9.17) is 0 Å². The summed E-state index contributed by atoms with van der Waals surface area (Å²) in [5, 5.41) is 8.37. The molecule has 1 saturated heterocycles. The van der Waals surface area contributed by atoms with Crippen LogP contribution in [0.3, 0.4) is 0 Å². The molecule has 2 aromatic rings. The molecule has 1 atom stereocenters. The number of nitrogens with zero attached hydrogens (tertiary/aromatic N) is 3. The van der Waals surface area contributed by atoms with Gasteiger partial charge < -0.3 is 10.2 Å². The van der Waals surface area contributed by atoms with Crippen LogP contribution < -0.4 is 10.2 Å². The molecule has 3 rings (SSSR count). The van der Waals surface area contributed by atoms with E-state index in [1.54, 1.807) is 0 Å². The molecule has 1 fully saturated rings. The fourth-order valence-corrected chi connectivity index (χ4v) is 3.13. The normalized spacial score (nSPS) is 18.5. The lowest BCUT2D eigenvalue weighted by Crippen LogP contribution is -2.27. The predicted molar refractivity (Wildman–Crippen MR) is 75.5 cm³/mol.